The van der Waals surface area contributed by atoms with E-state index in [4.69, 9.17) is 27.6 Å². The minimum absolute atomic E-state index is 0.127. The first-order chi connectivity index (χ1) is 12.0. The molecule has 1 aromatic heterocycles. The zero-order valence-corrected chi connectivity index (χ0v) is 14.2. The third-order valence-electron chi connectivity index (χ3n) is 3.96. The Balaban J connectivity index is 1.82. The standard InChI is InChI=1S/C19H11Cl2NO3/c20-14-7-10(8-15(21)18(14)23)6-13-12-9-11(17-2-1-5-25-17)3-4-16(12)22-19(13)24/h1-9,23H,(H,22,24)/b13-6-. The van der Waals surface area contributed by atoms with Gasteiger partial charge in [0.25, 0.3) is 5.91 Å². The van der Waals surface area contributed by atoms with Gasteiger partial charge in [0.05, 0.1) is 16.3 Å². The van der Waals surface area contributed by atoms with Crippen LogP contribution in [-0.4, -0.2) is 11.0 Å². The molecule has 1 amide bonds. The molecule has 6 heteroatoms. The summed E-state index contributed by atoms with van der Waals surface area (Å²) in [5, 5.41) is 12.8. The monoisotopic (exact) mass is 371 g/mol. The quantitative estimate of drug-likeness (QED) is 0.588. The molecule has 0 fully saturated rings. The smallest absolute Gasteiger partial charge is 0.256 e. The van der Waals surface area contributed by atoms with Gasteiger partial charge in [-0.1, -0.05) is 23.2 Å². The van der Waals surface area contributed by atoms with E-state index in [1.165, 1.54) is 0 Å². The summed E-state index contributed by atoms with van der Waals surface area (Å²) in [6, 6.07) is 12.4. The zero-order chi connectivity index (χ0) is 17.6. The summed E-state index contributed by atoms with van der Waals surface area (Å²) in [7, 11) is 0. The number of carbonyl (C=O) groups is 1. The van der Waals surface area contributed by atoms with E-state index in [0.717, 1.165) is 22.6 Å². The molecule has 0 saturated carbocycles. The fraction of sp³-hybridized carbons (Fsp3) is 0. The van der Waals surface area contributed by atoms with Gasteiger partial charge >= 0.3 is 0 Å². The molecule has 0 aliphatic carbocycles. The van der Waals surface area contributed by atoms with Crippen molar-refractivity contribution in [2.45, 2.75) is 0 Å². The second-order valence-corrected chi connectivity index (χ2v) is 6.40. The number of carbonyl (C=O) groups excluding carboxylic acids is 1. The van der Waals surface area contributed by atoms with Crippen molar-refractivity contribution in [2.75, 3.05) is 5.32 Å². The molecule has 0 spiro atoms. The van der Waals surface area contributed by atoms with E-state index in [9.17, 15) is 9.90 Å². The molecule has 2 heterocycles. The minimum atomic E-state index is -0.216. The second-order valence-electron chi connectivity index (χ2n) is 5.58. The molecular weight excluding hydrogens is 361 g/mol. The molecule has 2 N–H and O–H groups in total. The van der Waals surface area contributed by atoms with Crippen LogP contribution in [0.4, 0.5) is 5.69 Å². The minimum Gasteiger partial charge on any atom is -0.505 e. The number of halogens is 2. The molecule has 1 aliphatic rings. The molecule has 2 aromatic carbocycles. The molecule has 25 heavy (non-hydrogen) atoms. The van der Waals surface area contributed by atoms with Gasteiger partial charge in [-0.15, -0.1) is 0 Å². The Morgan fingerprint density at radius 2 is 1.84 bits per heavy atom. The number of hydrogen-bond acceptors (Lipinski definition) is 3. The van der Waals surface area contributed by atoms with Crippen LogP contribution < -0.4 is 5.32 Å². The summed E-state index contributed by atoms with van der Waals surface area (Å²) in [5.74, 6) is 0.325. The van der Waals surface area contributed by atoms with Crippen LogP contribution in [0.15, 0.2) is 53.1 Å². The van der Waals surface area contributed by atoms with Gasteiger partial charge in [-0.2, -0.15) is 0 Å². The van der Waals surface area contributed by atoms with Crippen molar-refractivity contribution in [3.8, 4) is 17.1 Å². The number of rotatable bonds is 2. The Labute approximate surface area is 153 Å². The molecule has 4 nitrogen and oxygen atoms in total. The number of benzene rings is 2. The molecule has 124 valence electrons. The van der Waals surface area contributed by atoms with Crippen LogP contribution in [0.25, 0.3) is 23.0 Å². The van der Waals surface area contributed by atoms with Crippen molar-refractivity contribution in [1.82, 2.24) is 0 Å². The summed E-state index contributed by atoms with van der Waals surface area (Å²) in [6.45, 7) is 0. The number of hydrogen-bond donors (Lipinski definition) is 2. The van der Waals surface area contributed by atoms with Gasteiger partial charge in [0.15, 0.2) is 5.75 Å². The number of fused-ring (bicyclic) bond motifs is 1. The molecule has 1 aliphatic heterocycles. The van der Waals surface area contributed by atoms with Crippen molar-refractivity contribution >= 4 is 46.4 Å². The molecular formula is C19H11Cl2NO3. The van der Waals surface area contributed by atoms with Crippen LogP contribution in [0.2, 0.25) is 10.0 Å². The van der Waals surface area contributed by atoms with Crippen molar-refractivity contribution in [2.24, 2.45) is 0 Å². The highest BCUT2D eigenvalue weighted by molar-refractivity contribution is 6.38. The van der Waals surface area contributed by atoms with Gasteiger partial charge in [-0.05, 0) is 54.1 Å². The van der Waals surface area contributed by atoms with E-state index in [0.29, 0.717) is 11.1 Å². The largest absolute Gasteiger partial charge is 0.505 e. The van der Waals surface area contributed by atoms with Gasteiger partial charge < -0.3 is 14.8 Å². The number of aromatic hydroxyl groups is 1. The normalized spacial score (nSPS) is 14.6. The SMILES string of the molecule is O=C1Nc2ccc(-c3ccco3)cc2/C1=C/c1cc(Cl)c(O)c(Cl)c1. The highest BCUT2D eigenvalue weighted by atomic mass is 35.5. The molecule has 0 bridgehead atoms. The number of phenols is 1. The van der Waals surface area contributed by atoms with Gasteiger partial charge in [0, 0.05) is 22.4 Å². The van der Waals surface area contributed by atoms with Gasteiger partial charge in [-0.25, -0.2) is 0 Å². The van der Waals surface area contributed by atoms with E-state index in [1.807, 2.05) is 30.3 Å². The Bertz CT molecular complexity index is 1000. The first-order valence-corrected chi connectivity index (χ1v) is 8.18. The maximum Gasteiger partial charge on any atom is 0.256 e. The predicted molar refractivity (Wildman–Crippen MR) is 98.8 cm³/mol. The topological polar surface area (TPSA) is 62.5 Å². The van der Waals surface area contributed by atoms with Crippen LogP contribution in [0.3, 0.4) is 0 Å². The van der Waals surface area contributed by atoms with Crippen molar-refractivity contribution in [3.63, 3.8) is 0 Å². The van der Waals surface area contributed by atoms with Crippen LogP contribution >= 0.6 is 23.2 Å². The first-order valence-electron chi connectivity index (χ1n) is 7.42. The zero-order valence-electron chi connectivity index (χ0n) is 12.7. The summed E-state index contributed by atoms with van der Waals surface area (Å²) in [4.78, 5) is 12.4. The molecule has 4 rings (SSSR count). The summed E-state index contributed by atoms with van der Waals surface area (Å²) >= 11 is 11.9. The van der Waals surface area contributed by atoms with Crippen LogP contribution in [0.5, 0.6) is 5.75 Å². The summed E-state index contributed by atoms with van der Waals surface area (Å²) < 4.78 is 5.42. The molecule has 0 unspecified atom stereocenters. The van der Waals surface area contributed by atoms with E-state index in [2.05, 4.69) is 5.32 Å². The van der Waals surface area contributed by atoms with E-state index < -0.39 is 0 Å². The van der Waals surface area contributed by atoms with Crippen molar-refractivity contribution in [3.05, 3.63) is 69.9 Å². The molecule has 0 atom stereocenters. The van der Waals surface area contributed by atoms with Crippen molar-refractivity contribution < 1.29 is 14.3 Å². The predicted octanol–water partition coefficient (Wildman–Crippen LogP) is 5.45. The number of nitrogens with one attached hydrogen (secondary N) is 1. The second kappa shape index (κ2) is 5.99. The lowest BCUT2D eigenvalue weighted by atomic mass is 10.0. The first kappa shape index (κ1) is 15.8. The fourth-order valence-electron chi connectivity index (χ4n) is 2.76. The Morgan fingerprint density at radius 3 is 2.52 bits per heavy atom. The summed E-state index contributed by atoms with van der Waals surface area (Å²) in [6.07, 6.45) is 3.29. The molecule has 3 aromatic rings. The van der Waals surface area contributed by atoms with Gasteiger partial charge in [0.1, 0.15) is 5.76 Å². The highest BCUT2D eigenvalue weighted by Crippen LogP contribution is 2.38. The number of phenolic OH excluding ortho intramolecular Hbond substituents is 1. The lowest BCUT2D eigenvalue weighted by Gasteiger charge is -2.04. The fourth-order valence-corrected chi connectivity index (χ4v) is 3.27. The highest BCUT2D eigenvalue weighted by Gasteiger charge is 2.25. The van der Waals surface area contributed by atoms with Gasteiger partial charge in [0.2, 0.25) is 0 Å². The Hall–Kier alpha value is -2.69. The van der Waals surface area contributed by atoms with Crippen LogP contribution in [0, 0.1) is 0 Å². The maximum atomic E-state index is 12.4. The van der Waals surface area contributed by atoms with E-state index >= 15 is 0 Å². The molecule has 0 saturated heterocycles. The third kappa shape index (κ3) is 2.80. The van der Waals surface area contributed by atoms with Crippen LogP contribution in [0.1, 0.15) is 11.1 Å². The van der Waals surface area contributed by atoms with E-state index in [1.54, 1.807) is 24.5 Å². The Kier molecular flexibility index (Phi) is 3.79. The average Bonchev–Trinajstić information content (AvgIpc) is 3.21. The Morgan fingerprint density at radius 1 is 1.08 bits per heavy atom. The average molecular weight is 372 g/mol. The third-order valence-corrected chi connectivity index (χ3v) is 4.53. The molecule has 0 radical (unpaired) electrons. The number of furan rings is 1. The number of anilines is 1. The summed E-state index contributed by atoms with van der Waals surface area (Å²) in [5.41, 5.74) is 3.46. The van der Waals surface area contributed by atoms with Crippen LogP contribution in [-0.2, 0) is 4.79 Å². The lowest BCUT2D eigenvalue weighted by Crippen LogP contribution is -2.03. The van der Waals surface area contributed by atoms with Gasteiger partial charge in [-0.3, -0.25) is 4.79 Å². The lowest BCUT2D eigenvalue weighted by molar-refractivity contribution is -0.110. The maximum absolute atomic E-state index is 12.4. The van der Waals surface area contributed by atoms with Crippen molar-refractivity contribution in [1.29, 1.82) is 0 Å². The van der Waals surface area contributed by atoms with E-state index in [-0.39, 0.29) is 21.7 Å². The number of amides is 1.